The summed E-state index contributed by atoms with van der Waals surface area (Å²) in [5, 5.41) is 0. The third-order valence-electron chi connectivity index (χ3n) is 6.35. The summed E-state index contributed by atoms with van der Waals surface area (Å²) in [6.07, 6.45) is 7.40. The smallest absolute Gasteiger partial charge is 0.343 e. The summed E-state index contributed by atoms with van der Waals surface area (Å²) >= 11 is 0. The third-order valence-corrected chi connectivity index (χ3v) is 6.35. The van der Waals surface area contributed by atoms with Crippen LogP contribution in [0, 0.1) is 0 Å². The second-order valence-corrected chi connectivity index (χ2v) is 9.68. The van der Waals surface area contributed by atoms with E-state index < -0.39 is 11.9 Å². The Hall–Kier alpha value is -4.47. The Morgan fingerprint density at radius 2 is 1.45 bits per heavy atom. The molecular weight excluding hydrogens is 562 g/mol. The van der Waals surface area contributed by atoms with Crippen molar-refractivity contribution in [1.82, 2.24) is 0 Å². The zero-order valence-corrected chi connectivity index (χ0v) is 24.2. The van der Waals surface area contributed by atoms with Gasteiger partial charge in [0, 0.05) is 31.7 Å². The van der Waals surface area contributed by atoms with Crippen LogP contribution >= 0.6 is 0 Å². The molecule has 9 heteroatoms. The van der Waals surface area contributed by atoms with Gasteiger partial charge in [-0.3, -0.25) is 4.99 Å². The van der Waals surface area contributed by atoms with Gasteiger partial charge in [0.2, 0.25) is 0 Å². The highest BCUT2D eigenvalue weighted by molar-refractivity contribution is 5.91. The normalized spacial score (nSPS) is 14.3. The Morgan fingerprint density at radius 3 is 2.09 bits per heavy atom. The first-order valence-electron chi connectivity index (χ1n) is 14.4. The topological polar surface area (TPSA) is 102 Å². The lowest BCUT2D eigenvalue weighted by molar-refractivity contribution is -0.163. The number of aliphatic imine (C=N–C) groups is 1. The van der Waals surface area contributed by atoms with Crippen molar-refractivity contribution in [3.05, 3.63) is 96.6 Å². The highest BCUT2D eigenvalue weighted by Gasteiger charge is 2.13. The van der Waals surface area contributed by atoms with Gasteiger partial charge in [-0.05, 0) is 97.6 Å². The lowest BCUT2D eigenvalue weighted by Gasteiger charge is -2.22. The third kappa shape index (κ3) is 12.0. The molecule has 1 heterocycles. The van der Waals surface area contributed by atoms with Gasteiger partial charge in [-0.1, -0.05) is 14.0 Å². The molecule has 0 aliphatic carbocycles. The van der Waals surface area contributed by atoms with Crippen LogP contribution in [0.25, 0.3) is 0 Å². The van der Waals surface area contributed by atoms with E-state index in [1.54, 1.807) is 54.7 Å². The monoisotopic (exact) mass is 603 g/mol. The first-order valence-corrected chi connectivity index (χ1v) is 14.4. The van der Waals surface area contributed by atoms with Crippen LogP contribution in [-0.2, 0) is 19.0 Å². The van der Waals surface area contributed by atoms with Gasteiger partial charge < -0.3 is 28.4 Å². The zero-order valence-electron chi connectivity index (χ0n) is 24.2. The number of benzene rings is 3. The molecule has 0 radical (unpaired) electrons. The van der Waals surface area contributed by atoms with Crippen LogP contribution in [0.2, 0.25) is 0 Å². The van der Waals surface area contributed by atoms with Crippen molar-refractivity contribution in [3.63, 3.8) is 0 Å². The second-order valence-electron chi connectivity index (χ2n) is 9.68. The van der Waals surface area contributed by atoms with Crippen molar-refractivity contribution in [2.45, 2.75) is 45.8 Å². The van der Waals surface area contributed by atoms with Crippen LogP contribution in [0.15, 0.2) is 90.4 Å². The molecular formula is C35H41NO8. The number of esters is 2. The lowest BCUT2D eigenvalue weighted by atomic mass is 10.2. The maximum atomic E-state index is 12.5. The minimum absolute atomic E-state index is 0. The molecule has 0 N–H and O–H groups in total. The van der Waals surface area contributed by atoms with Gasteiger partial charge in [0.1, 0.15) is 17.2 Å². The number of carbonyl (C=O) groups excluding carboxylic acids is 2. The summed E-state index contributed by atoms with van der Waals surface area (Å²) in [5.74, 6) is 0.866. The van der Waals surface area contributed by atoms with Crippen LogP contribution in [-0.4, -0.2) is 57.5 Å². The molecule has 1 unspecified atom stereocenters. The van der Waals surface area contributed by atoms with Gasteiger partial charge >= 0.3 is 11.9 Å². The molecule has 0 saturated carbocycles. The zero-order chi connectivity index (χ0) is 30.1. The molecule has 1 fully saturated rings. The number of ether oxygens (including phenoxy) is 6. The summed E-state index contributed by atoms with van der Waals surface area (Å²) in [6, 6.07) is 21.3. The molecule has 3 aromatic carbocycles. The number of nitrogens with zero attached hydrogens (tertiary/aromatic N) is 1. The molecule has 4 rings (SSSR count). The maximum Gasteiger partial charge on any atom is 0.343 e. The van der Waals surface area contributed by atoms with E-state index in [1.807, 2.05) is 24.3 Å². The fourth-order valence-electron chi connectivity index (χ4n) is 4.04. The Balaban J connectivity index is 0.00000529. The minimum atomic E-state index is -0.479. The SMILES string of the molecule is C.C=CC(=O)OCCCOc1ccc(C(=O)Oc2ccc(N=Cc3ccc(OCCCOC4CCCCO4)cc3)cc2)cc1. The standard InChI is InChI=1S/C34H37NO8.CH4/c1-2-32(36)40-23-5-21-39-30-16-10-27(11-17-30)34(37)43-31-18-12-28(13-19-31)35-25-26-8-14-29(15-9-26)38-22-6-24-42-33-7-3-4-20-41-33;/h2,8-19,25,33H,1,3-7,20-24H2;1H4. The van der Waals surface area contributed by atoms with Crippen molar-refractivity contribution >= 4 is 23.8 Å². The van der Waals surface area contributed by atoms with Crippen molar-refractivity contribution in [2.75, 3.05) is 33.0 Å². The van der Waals surface area contributed by atoms with Crippen LogP contribution in [0.3, 0.4) is 0 Å². The van der Waals surface area contributed by atoms with Crippen LogP contribution in [0.5, 0.6) is 17.2 Å². The highest BCUT2D eigenvalue weighted by Crippen LogP contribution is 2.21. The molecule has 1 aliphatic rings. The molecule has 3 aromatic rings. The van der Waals surface area contributed by atoms with E-state index in [4.69, 9.17) is 28.4 Å². The Kier molecular flexibility index (Phi) is 14.6. The van der Waals surface area contributed by atoms with E-state index in [2.05, 4.69) is 11.6 Å². The van der Waals surface area contributed by atoms with E-state index in [9.17, 15) is 9.59 Å². The van der Waals surface area contributed by atoms with Crippen molar-refractivity contribution in [1.29, 1.82) is 0 Å². The summed E-state index contributed by atoms with van der Waals surface area (Å²) in [5.41, 5.74) is 2.05. The molecule has 0 spiro atoms. The number of rotatable bonds is 16. The highest BCUT2D eigenvalue weighted by atomic mass is 16.7. The first kappa shape index (κ1) is 34.0. The van der Waals surface area contributed by atoms with Crippen LogP contribution in [0.1, 0.15) is 55.5 Å². The number of hydrogen-bond donors (Lipinski definition) is 0. The molecule has 1 atom stereocenters. The summed E-state index contributed by atoms with van der Waals surface area (Å²) in [6.45, 7) is 5.94. The predicted molar refractivity (Wildman–Crippen MR) is 169 cm³/mol. The quantitative estimate of drug-likeness (QED) is 0.0562. The van der Waals surface area contributed by atoms with E-state index in [1.165, 1.54) is 0 Å². The molecule has 1 aliphatic heterocycles. The number of hydrogen-bond acceptors (Lipinski definition) is 9. The van der Waals surface area contributed by atoms with Gasteiger partial charge in [0.25, 0.3) is 0 Å². The van der Waals surface area contributed by atoms with Gasteiger partial charge in [-0.2, -0.15) is 0 Å². The second kappa shape index (κ2) is 18.9. The Bertz CT molecular complexity index is 1310. The fourth-order valence-corrected chi connectivity index (χ4v) is 4.04. The molecule has 1 saturated heterocycles. The fraction of sp³-hybridized carbons (Fsp3) is 0.343. The van der Waals surface area contributed by atoms with Crippen LogP contribution in [0.4, 0.5) is 5.69 Å². The van der Waals surface area contributed by atoms with Gasteiger partial charge in [0.05, 0.1) is 37.7 Å². The lowest BCUT2D eigenvalue weighted by Crippen LogP contribution is -2.23. The van der Waals surface area contributed by atoms with E-state index >= 15 is 0 Å². The van der Waals surface area contributed by atoms with Crippen molar-refractivity contribution < 1.29 is 38.0 Å². The molecule has 0 bridgehead atoms. The minimum Gasteiger partial charge on any atom is -0.494 e. The van der Waals surface area contributed by atoms with E-state index in [0.717, 1.165) is 55.4 Å². The summed E-state index contributed by atoms with van der Waals surface area (Å²) in [4.78, 5) is 28.0. The first-order chi connectivity index (χ1) is 21.1. The predicted octanol–water partition coefficient (Wildman–Crippen LogP) is 7.10. The van der Waals surface area contributed by atoms with Crippen LogP contribution < -0.4 is 14.2 Å². The van der Waals surface area contributed by atoms with E-state index in [0.29, 0.717) is 43.3 Å². The maximum absolute atomic E-state index is 12.5. The average Bonchev–Trinajstić information content (AvgIpc) is 3.05. The molecule has 9 nitrogen and oxygen atoms in total. The molecule has 0 amide bonds. The largest absolute Gasteiger partial charge is 0.494 e. The Labute approximate surface area is 259 Å². The number of carbonyl (C=O) groups is 2. The molecule has 0 aromatic heterocycles. The van der Waals surface area contributed by atoms with Gasteiger partial charge in [-0.15, -0.1) is 0 Å². The molecule has 44 heavy (non-hydrogen) atoms. The summed E-state index contributed by atoms with van der Waals surface area (Å²) < 4.78 is 33.1. The van der Waals surface area contributed by atoms with E-state index in [-0.39, 0.29) is 20.3 Å². The summed E-state index contributed by atoms with van der Waals surface area (Å²) in [7, 11) is 0. The average molecular weight is 604 g/mol. The van der Waals surface area contributed by atoms with Crippen molar-refractivity contribution in [3.8, 4) is 17.2 Å². The van der Waals surface area contributed by atoms with Crippen molar-refractivity contribution in [2.24, 2.45) is 4.99 Å². The van der Waals surface area contributed by atoms with Gasteiger partial charge in [0.15, 0.2) is 6.29 Å². The Morgan fingerprint density at radius 1 is 0.818 bits per heavy atom. The molecule has 234 valence electrons. The van der Waals surface area contributed by atoms with Gasteiger partial charge in [-0.25, -0.2) is 9.59 Å².